The summed E-state index contributed by atoms with van der Waals surface area (Å²) in [4.78, 5) is 24.1. The van der Waals surface area contributed by atoms with Crippen LogP contribution in [0.5, 0.6) is 5.75 Å². The second-order valence-corrected chi connectivity index (χ2v) is 5.46. The van der Waals surface area contributed by atoms with Crippen molar-refractivity contribution < 1.29 is 23.5 Å². The molecule has 0 saturated heterocycles. The Hall–Kier alpha value is -2.89. The molecule has 5 nitrogen and oxygen atoms in total. The molecule has 0 heterocycles. The number of benzene rings is 2. The molecule has 0 bridgehead atoms. The summed E-state index contributed by atoms with van der Waals surface area (Å²) in [5, 5.41) is 2.64. The van der Waals surface area contributed by atoms with Crippen LogP contribution in [0.25, 0.3) is 0 Å². The van der Waals surface area contributed by atoms with E-state index in [0.717, 1.165) is 6.07 Å². The van der Waals surface area contributed by atoms with Crippen molar-refractivity contribution in [1.29, 1.82) is 0 Å². The second-order valence-electron chi connectivity index (χ2n) is 5.46. The van der Waals surface area contributed by atoms with E-state index >= 15 is 0 Å². The van der Waals surface area contributed by atoms with E-state index in [1.807, 2.05) is 6.92 Å². The third-order valence-corrected chi connectivity index (χ3v) is 3.49. The predicted molar refractivity (Wildman–Crippen MR) is 92.3 cm³/mol. The van der Waals surface area contributed by atoms with Crippen LogP contribution >= 0.6 is 0 Å². The number of ether oxygens (including phenoxy) is 2. The molecule has 2 rings (SSSR count). The molecular weight excluding hydrogens is 325 g/mol. The molecule has 0 saturated carbocycles. The molecule has 2 aromatic rings. The highest BCUT2D eigenvalue weighted by Crippen LogP contribution is 2.16. The lowest BCUT2D eigenvalue weighted by Gasteiger charge is -2.14. The Morgan fingerprint density at radius 2 is 1.84 bits per heavy atom. The second kappa shape index (κ2) is 8.28. The maximum atomic E-state index is 13.5. The van der Waals surface area contributed by atoms with E-state index in [4.69, 9.17) is 9.47 Å². The Bertz CT molecular complexity index is 759. The molecule has 6 heteroatoms. The number of halogens is 1. The third-order valence-electron chi connectivity index (χ3n) is 3.49. The van der Waals surface area contributed by atoms with Crippen molar-refractivity contribution in [2.45, 2.75) is 26.9 Å². The van der Waals surface area contributed by atoms with Crippen LogP contribution in [-0.4, -0.2) is 24.6 Å². The molecular formula is C19H20FNO4. The lowest BCUT2D eigenvalue weighted by molar-refractivity contribution is -0.123. The molecule has 1 atom stereocenters. The van der Waals surface area contributed by atoms with E-state index in [1.165, 1.54) is 19.1 Å². The zero-order valence-electron chi connectivity index (χ0n) is 14.3. The molecule has 0 aliphatic carbocycles. The number of amides is 1. The lowest BCUT2D eigenvalue weighted by atomic mass is 10.1. The highest BCUT2D eigenvalue weighted by atomic mass is 19.1. The topological polar surface area (TPSA) is 64.6 Å². The summed E-state index contributed by atoms with van der Waals surface area (Å²) in [5.74, 6) is -1.04. The molecule has 1 N–H and O–H groups in total. The molecule has 2 aromatic carbocycles. The van der Waals surface area contributed by atoms with Gasteiger partial charge in [0.05, 0.1) is 12.2 Å². The predicted octanol–water partition coefficient (Wildman–Crippen LogP) is 3.72. The minimum Gasteiger partial charge on any atom is -0.494 e. The van der Waals surface area contributed by atoms with E-state index in [2.05, 4.69) is 5.32 Å². The summed E-state index contributed by atoms with van der Waals surface area (Å²) >= 11 is 0. The monoisotopic (exact) mass is 345 g/mol. The highest BCUT2D eigenvalue weighted by molar-refractivity contribution is 5.97. The average Bonchev–Trinajstić information content (AvgIpc) is 2.59. The zero-order valence-corrected chi connectivity index (χ0v) is 14.3. The minimum absolute atomic E-state index is 0.0591. The fourth-order valence-electron chi connectivity index (χ4n) is 2.05. The van der Waals surface area contributed by atoms with Crippen LogP contribution in [0.2, 0.25) is 0 Å². The van der Waals surface area contributed by atoms with Gasteiger partial charge in [0.2, 0.25) is 0 Å². The van der Waals surface area contributed by atoms with Crippen LogP contribution in [0.15, 0.2) is 42.5 Å². The first-order chi connectivity index (χ1) is 11.9. The Balaban J connectivity index is 1.94. The van der Waals surface area contributed by atoms with Crippen LogP contribution in [-0.2, 0) is 9.53 Å². The number of carbonyl (C=O) groups excluding carboxylic acids is 2. The van der Waals surface area contributed by atoms with E-state index < -0.39 is 23.8 Å². The van der Waals surface area contributed by atoms with Gasteiger partial charge in [-0.15, -0.1) is 0 Å². The summed E-state index contributed by atoms with van der Waals surface area (Å²) in [7, 11) is 0. The number of anilines is 1. The number of rotatable bonds is 6. The maximum absolute atomic E-state index is 13.5. The molecule has 0 aliphatic heterocycles. The number of carbonyl (C=O) groups is 2. The third kappa shape index (κ3) is 5.04. The highest BCUT2D eigenvalue weighted by Gasteiger charge is 2.19. The fraction of sp³-hybridized carbons (Fsp3) is 0.263. The van der Waals surface area contributed by atoms with Gasteiger partial charge in [0.1, 0.15) is 11.6 Å². The molecule has 0 fully saturated rings. The Labute approximate surface area is 145 Å². The summed E-state index contributed by atoms with van der Waals surface area (Å²) in [6.07, 6.45) is -1.02. The van der Waals surface area contributed by atoms with Crippen LogP contribution in [0, 0.1) is 12.7 Å². The van der Waals surface area contributed by atoms with E-state index in [-0.39, 0.29) is 5.56 Å². The number of hydrogen-bond acceptors (Lipinski definition) is 4. The Morgan fingerprint density at radius 3 is 2.44 bits per heavy atom. The fourth-order valence-corrected chi connectivity index (χ4v) is 2.05. The molecule has 0 spiro atoms. The van der Waals surface area contributed by atoms with Crippen molar-refractivity contribution in [1.82, 2.24) is 0 Å². The smallest absolute Gasteiger partial charge is 0.339 e. The van der Waals surface area contributed by atoms with E-state index in [1.54, 1.807) is 31.2 Å². The Kier molecular flexibility index (Phi) is 6.11. The van der Waals surface area contributed by atoms with Crippen molar-refractivity contribution in [3.8, 4) is 5.75 Å². The average molecular weight is 345 g/mol. The van der Waals surface area contributed by atoms with Gasteiger partial charge >= 0.3 is 5.97 Å². The van der Waals surface area contributed by atoms with Crippen molar-refractivity contribution in [2.24, 2.45) is 0 Å². The van der Waals surface area contributed by atoms with Crippen molar-refractivity contribution in [3.63, 3.8) is 0 Å². The summed E-state index contributed by atoms with van der Waals surface area (Å²) < 4.78 is 23.9. The molecule has 0 aromatic heterocycles. The van der Waals surface area contributed by atoms with Crippen LogP contribution < -0.4 is 10.1 Å². The number of nitrogens with one attached hydrogen (secondary N) is 1. The number of esters is 1. The largest absolute Gasteiger partial charge is 0.494 e. The summed E-state index contributed by atoms with van der Waals surface area (Å²) in [5.41, 5.74) is 1.04. The van der Waals surface area contributed by atoms with Gasteiger partial charge in [0, 0.05) is 5.69 Å². The molecule has 0 aliphatic rings. The van der Waals surface area contributed by atoms with Gasteiger partial charge in [0.15, 0.2) is 6.10 Å². The minimum atomic E-state index is -1.02. The van der Waals surface area contributed by atoms with Gasteiger partial charge in [-0.2, -0.15) is 0 Å². The first-order valence-electron chi connectivity index (χ1n) is 7.91. The van der Waals surface area contributed by atoms with E-state index in [0.29, 0.717) is 23.6 Å². The van der Waals surface area contributed by atoms with Gasteiger partial charge in [0.25, 0.3) is 5.91 Å². The number of aryl methyl sites for hydroxylation is 1. The first kappa shape index (κ1) is 18.4. The molecule has 1 amide bonds. The van der Waals surface area contributed by atoms with Gasteiger partial charge < -0.3 is 14.8 Å². The lowest BCUT2D eigenvalue weighted by Crippen LogP contribution is -2.30. The van der Waals surface area contributed by atoms with Gasteiger partial charge in [-0.3, -0.25) is 4.79 Å². The zero-order chi connectivity index (χ0) is 18.4. The standard InChI is InChI=1S/C19H20FNO4/c1-4-24-16-9-7-15(8-10-16)21-18(22)13(3)25-19(23)14-6-5-12(2)17(20)11-14/h5-11,13H,4H2,1-3H3,(H,21,22)/t13-/m0/s1. The molecule has 0 unspecified atom stereocenters. The van der Waals surface area contributed by atoms with Crippen molar-refractivity contribution in [3.05, 3.63) is 59.4 Å². The van der Waals surface area contributed by atoms with Crippen molar-refractivity contribution >= 4 is 17.6 Å². The van der Waals surface area contributed by atoms with Gasteiger partial charge in [-0.1, -0.05) is 6.07 Å². The SMILES string of the molecule is CCOc1ccc(NC(=O)[C@H](C)OC(=O)c2ccc(C)c(F)c2)cc1. The van der Waals surface area contributed by atoms with Gasteiger partial charge in [-0.25, -0.2) is 9.18 Å². The molecule has 25 heavy (non-hydrogen) atoms. The maximum Gasteiger partial charge on any atom is 0.339 e. The van der Waals surface area contributed by atoms with E-state index in [9.17, 15) is 14.0 Å². The quantitative estimate of drug-likeness (QED) is 0.811. The summed E-state index contributed by atoms with van der Waals surface area (Å²) in [6.45, 7) is 5.48. The summed E-state index contributed by atoms with van der Waals surface area (Å²) in [6, 6.07) is 10.9. The Morgan fingerprint density at radius 1 is 1.16 bits per heavy atom. The normalized spacial score (nSPS) is 11.5. The van der Waals surface area contributed by atoms with Crippen LogP contribution in [0.4, 0.5) is 10.1 Å². The molecule has 0 radical (unpaired) electrons. The van der Waals surface area contributed by atoms with Crippen LogP contribution in [0.1, 0.15) is 29.8 Å². The first-order valence-corrected chi connectivity index (χ1v) is 7.91. The van der Waals surface area contributed by atoms with Crippen LogP contribution in [0.3, 0.4) is 0 Å². The molecule has 132 valence electrons. The van der Waals surface area contributed by atoms with Gasteiger partial charge in [-0.05, 0) is 62.7 Å². The number of hydrogen-bond donors (Lipinski definition) is 1. The van der Waals surface area contributed by atoms with Crippen molar-refractivity contribution in [2.75, 3.05) is 11.9 Å².